The number of fused-ring (bicyclic) bond motifs is 3. The van der Waals surface area contributed by atoms with Gasteiger partial charge in [-0.3, -0.25) is 4.79 Å². The number of hydrogen-bond donors (Lipinski definition) is 2. The molecular formula is C24H26N2O5S. The van der Waals surface area contributed by atoms with Crippen molar-refractivity contribution in [3.8, 4) is 11.1 Å². The first kappa shape index (κ1) is 22.2. The first-order valence-corrected chi connectivity index (χ1v) is 11.8. The average molecular weight is 455 g/mol. The van der Waals surface area contributed by atoms with Crippen molar-refractivity contribution in [2.75, 3.05) is 18.2 Å². The van der Waals surface area contributed by atoms with E-state index in [2.05, 4.69) is 17.4 Å². The second-order valence-corrected chi connectivity index (χ2v) is 9.35. The minimum atomic E-state index is -1.04. The molecule has 0 unspecified atom stereocenters. The number of nitrogens with zero attached hydrogens (tertiary/aromatic N) is 1. The van der Waals surface area contributed by atoms with Crippen LogP contribution in [0.4, 0.5) is 4.79 Å². The second kappa shape index (κ2) is 9.24. The standard InChI is InChI=1S/C24H26N2O5S/c1-14(2)21(22(27)26-13-32-12-20(26)23(28)29)25-24(30)31-11-19-17-9-5-3-7-15(17)16-8-4-6-10-18(16)19/h3-10,14,19-21H,11-13H2,1-2H3,(H,25,30)(H,28,29)/t20-,21-/m0/s1. The van der Waals surface area contributed by atoms with Crippen molar-refractivity contribution < 1.29 is 24.2 Å². The number of aliphatic carboxylic acids is 1. The van der Waals surface area contributed by atoms with Crippen LogP contribution < -0.4 is 5.32 Å². The summed E-state index contributed by atoms with van der Waals surface area (Å²) >= 11 is 1.39. The van der Waals surface area contributed by atoms with Crippen molar-refractivity contribution in [1.82, 2.24) is 10.2 Å². The third-order valence-electron chi connectivity index (χ3n) is 6.00. The van der Waals surface area contributed by atoms with Crippen molar-refractivity contribution in [2.45, 2.75) is 31.8 Å². The number of ether oxygens (including phenoxy) is 1. The highest BCUT2D eigenvalue weighted by Crippen LogP contribution is 2.44. The fraction of sp³-hybridized carbons (Fsp3) is 0.375. The molecule has 0 radical (unpaired) electrons. The number of carbonyl (C=O) groups is 3. The van der Waals surface area contributed by atoms with Crippen LogP contribution in [0.2, 0.25) is 0 Å². The van der Waals surface area contributed by atoms with Gasteiger partial charge in [-0.05, 0) is 28.2 Å². The Morgan fingerprint density at radius 1 is 1.09 bits per heavy atom. The summed E-state index contributed by atoms with van der Waals surface area (Å²) in [7, 11) is 0. The zero-order valence-electron chi connectivity index (χ0n) is 18.0. The maximum atomic E-state index is 13.0. The van der Waals surface area contributed by atoms with Crippen molar-refractivity contribution in [2.24, 2.45) is 5.92 Å². The lowest BCUT2D eigenvalue weighted by Gasteiger charge is -2.28. The van der Waals surface area contributed by atoms with E-state index in [9.17, 15) is 19.5 Å². The van der Waals surface area contributed by atoms with Crippen LogP contribution in [0.1, 0.15) is 30.9 Å². The number of thioether (sulfide) groups is 1. The Kier molecular flexibility index (Phi) is 6.41. The van der Waals surface area contributed by atoms with Gasteiger partial charge in [-0.15, -0.1) is 11.8 Å². The number of rotatable bonds is 6. The number of carbonyl (C=O) groups excluding carboxylic acids is 2. The molecule has 0 saturated carbocycles. The van der Waals surface area contributed by atoms with E-state index in [4.69, 9.17) is 4.74 Å². The molecule has 2 aromatic rings. The molecule has 8 heteroatoms. The summed E-state index contributed by atoms with van der Waals surface area (Å²) in [5.41, 5.74) is 4.49. The first-order chi connectivity index (χ1) is 15.4. The number of benzene rings is 2. The zero-order chi connectivity index (χ0) is 22.8. The van der Waals surface area contributed by atoms with Gasteiger partial charge in [0.25, 0.3) is 0 Å². The number of carboxylic acids is 1. The number of carboxylic acid groups (broad SMARTS) is 1. The quantitative estimate of drug-likeness (QED) is 0.693. The van der Waals surface area contributed by atoms with Gasteiger partial charge in [0, 0.05) is 11.7 Å². The van der Waals surface area contributed by atoms with Crippen LogP contribution in [0.15, 0.2) is 48.5 Å². The number of amides is 2. The average Bonchev–Trinajstić information content (AvgIpc) is 3.39. The first-order valence-electron chi connectivity index (χ1n) is 10.6. The summed E-state index contributed by atoms with van der Waals surface area (Å²) in [6, 6.07) is 14.4. The summed E-state index contributed by atoms with van der Waals surface area (Å²) in [5.74, 6) is -1.09. The molecule has 32 heavy (non-hydrogen) atoms. The topological polar surface area (TPSA) is 95.9 Å². The Balaban J connectivity index is 1.44. The predicted octanol–water partition coefficient (Wildman–Crippen LogP) is 3.54. The minimum absolute atomic E-state index is 0.0762. The summed E-state index contributed by atoms with van der Waals surface area (Å²) in [4.78, 5) is 38.4. The highest BCUT2D eigenvalue weighted by atomic mass is 32.2. The molecule has 1 fully saturated rings. The Morgan fingerprint density at radius 3 is 2.25 bits per heavy atom. The van der Waals surface area contributed by atoms with Gasteiger partial charge in [-0.2, -0.15) is 0 Å². The van der Waals surface area contributed by atoms with Crippen LogP contribution in [0.3, 0.4) is 0 Å². The molecule has 7 nitrogen and oxygen atoms in total. The Bertz CT molecular complexity index is 995. The van der Waals surface area contributed by atoms with Crippen molar-refractivity contribution in [3.63, 3.8) is 0 Å². The van der Waals surface area contributed by atoms with E-state index < -0.39 is 30.1 Å². The molecule has 0 bridgehead atoms. The van der Waals surface area contributed by atoms with Crippen molar-refractivity contribution in [3.05, 3.63) is 59.7 Å². The third-order valence-corrected chi connectivity index (χ3v) is 7.01. The van der Waals surface area contributed by atoms with Gasteiger partial charge >= 0.3 is 12.1 Å². The van der Waals surface area contributed by atoms with Crippen LogP contribution in [0.5, 0.6) is 0 Å². The van der Waals surface area contributed by atoms with Crippen LogP contribution in [-0.4, -0.2) is 58.3 Å². The van der Waals surface area contributed by atoms with E-state index >= 15 is 0 Å². The van der Waals surface area contributed by atoms with Gasteiger partial charge in [-0.1, -0.05) is 62.4 Å². The Labute approximate surface area is 191 Å². The van der Waals surface area contributed by atoms with Crippen LogP contribution in [-0.2, 0) is 14.3 Å². The molecule has 2 aromatic carbocycles. The van der Waals surface area contributed by atoms with Gasteiger partial charge in [0.05, 0.1) is 5.88 Å². The minimum Gasteiger partial charge on any atom is -0.480 e. The van der Waals surface area contributed by atoms with Crippen LogP contribution in [0.25, 0.3) is 11.1 Å². The van der Waals surface area contributed by atoms with Gasteiger partial charge in [-0.25, -0.2) is 9.59 Å². The van der Waals surface area contributed by atoms with Crippen molar-refractivity contribution >= 4 is 29.7 Å². The molecule has 0 aromatic heterocycles. The lowest BCUT2D eigenvalue weighted by Crippen LogP contribution is -2.54. The van der Waals surface area contributed by atoms with E-state index in [1.165, 1.54) is 16.7 Å². The molecule has 1 heterocycles. The normalized spacial score (nSPS) is 18.2. The largest absolute Gasteiger partial charge is 0.480 e. The molecule has 1 aliphatic carbocycles. The molecule has 2 aliphatic rings. The maximum Gasteiger partial charge on any atom is 0.407 e. The lowest BCUT2D eigenvalue weighted by molar-refractivity contribution is -0.148. The molecule has 1 saturated heterocycles. The summed E-state index contributed by atoms with van der Waals surface area (Å²) in [6.45, 7) is 3.77. The van der Waals surface area contributed by atoms with Gasteiger partial charge in [0.1, 0.15) is 18.7 Å². The smallest absolute Gasteiger partial charge is 0.407 e. The summed E-state index contributed by atoms with van der Waals surface area (Å²) in [6.07, 6.45) is -0.683. The molecule has 2 amide bonds. The molecule has 1 aliphatic heterocycles. The third kappa shape index (κ3) is 4.19. The number of alkyl carbamates (subject to hydrolysis) is 1. The second-order valence-electron chi connectivity index (χ2n) is 8.35. The summed E-state index contributed by atoms with van der Waals surface area (Å²) < 4.78 is 5.57. The monoisotopic (exact) mass is 454 g/mol. The molecule has 2 N–H and O–H groups in total. The van der Waals surface area contributed by atoms with Gasteiger partial charge in [0.2, 0.25) is 5.91 Å². The van der Waals surface area contributed by atoms with E-state index in [1.807, 2.05) is 50.2 Å². The fourth-order valence-electron chi connectivity index (χ4n) is 4.32. The maximum absolute atomic E-state index is 13.0. The van der Waals surface area contributed by atoms with Gasteiger partial charge < -0.3 is 20.1 Å². The fourth-order valence-corrected chi connectivity index (χ4v) is 5.48. The lowest BCUT2D eigenvalue weighted by atomic mass is 9.98. The molecular weight excluding hydrogens is 428 g/mol. The number of nitrogens with one attached hydrogen (secondary N) is 1. The highest BCUT2D eigenvalue weighted by Gasteiger charge is 2.39. The molecule has 0 spiro atoms. The molecule has 168 valence electrons. The summed E-state index contributed by atoms with van der Waals surface area (Å²) in [5, 5.41) is 12.1. The van der Waals surface area contributed by atoms with E-state index in [0.29, 0.717) is 11.6 Å². The van der Waals surface area contributed by atoms with Crippen molar-refractivity contribution in [1.29, 1.82) is 0 Å². The van der Waals surface area contributed by atoms with E-state index in [-0.39, 0.29) is 18.4 Å². The Hall–Kier alpha value is -3.00. The molecule has 2 atom stereocenters. The van der Waals surface area contributed by atoms with Crippen LogP contribution in [0, 0.1) is 5.92 Å². The predicted molar refractivity (Wildman–Crippen MR) is 122 cm³/mol. The zero-order valence-corrected chi connectivity index (χ0v) is 18.8. The molecule has 4 rings (SSSR count). The number of hydrogen-bond acceptors (Lipinski definition) is 5. The highest BCUT2D eigenvalue weighted by molar-refractivity contribution is 7.99. The van der Waals surface area contributed by atoms with E-state index in [1.54, 1.807) is 0 Å². The Morgan fingerprint density at radius 2 is 1.69 bits per heavy atom. The van der Waals surface area contributed by atoms with E-state index in [0.717, 1.165) is 22.3 Å². The van der Waals surface area contributed by atoms with Crippen LogP contribution >= 0.6 is 11.8 Å². The van der Waals surface area contributed by atoms with Gasteiger partial charge in [0.15, 0.2) is 0 Å². The SMILES string of the molecule is CC(C)[C@H](NC(=O)OCC1c2ccccc2-c2ccccc21)C(=O)N1CSC[C@H]1C(=O)O.